The standard InChI is InChI=1S/C18H23N7O/c1-10(2)11-5-7-12(8-6-11)25-14(26)9-13(15(25)19)16-21-17(20)23-18(22-16)24(3)4/h5-8,10,19H,9H2,1-4H3,(H3,20,21,22,23). The van der Waals surface area contributed by atoms with E-state index in [1.54, 1.807) is 19.0 Å². The van der Waals surface area contributed by atoms with Gasteiger partial charge in [-0.1, -0.05) is 26.0 Å². The maximum absolute atomic E-state index is 12.6. The molecule has 3 rings (SSSR count). The molecule has 1 aromatic carbocycles. The van der Waals surface area contributed by atoms with Gasteiger partial charge in [0.05, 0.1) is 12.1 Å². The number of nitrogens with one attached hydrogen (secondary N) is 2. The average Bonchev–Trinajstić information content (AvgIpc) is 2.89. The van der Waals surface area contributed by atoms with Crippen LogP contribution in [-0.2, 0) is 4.79 Å². The topological polar surface area (TPSA) is 110 Å². The molecular formula is C18H23N7O. The minimum Gasteiger partial charge on any atom is -0.369 e. The molecule has 0 aliphatic carbocycles. The van der Waals surface area contributed by atoms with E-state index in [4.69, 9.17) is 11.1 Å². The predicted octanol–water partition coefficient (Wildman–Crippen LogP) is 1.57. The molecule has 0 aromatic heterocycles. The first-order valence-corrected chi connectivity index (χ1v) is 8.40. The Morgan fingerprint density at radius 1 is 1.23 bits per heavy atom. The SMILES string of the molecule is CC(C)c1ccc(N2C(=N)C(=C3N=C(N(C)C)N=C(N)N3)CC2=O)cc1. The van der Waals surface area contributed by atoms with Crippen LogP contribution in [0.1, 0.15) is 31.7 Å². The van der Waals surface area contributed by atoms with Crippen LogP contribution in [0.3, 0.4) is 0 Å². The van der Waals surface area contributed by atoms with Gasteiger partial charge in [-0.2, -0.15) is 9.98 Å². The summed E-state index contributed by atoms with van der Waals surface area (Å²) in [6.07, 6.45) is 0.0879. The van der Waals surface area contributed by atoms with Gasteiger partial charge in [0.25, 0.3) is 0 Å². The van der Waals surface area contributed by atoms with Crippen LogP contribution in [-0.4, -0.2) is 42.7 Å². The number of nitrogens with two attached hydrogens (primary N) is 1. The van der Waals surface area contributed by atoms with Gasteiger partial charge in [-0.15, -0.1) is 0 Å². The van der Waals surface area contributed by atoms with Gasteiger partial charge >= 0.3 is 0 Å². The molecule has 2 aliphatic rings. The number of hydrogen-bond donors (Lipinski definition) is 3. The monoisotopic (exact) mass is 353 g/mol. The fraction of sp³-hybridized carbons (Fsp3) is 0.333. The summed E-state index contributed by atoms with van der Waals surface area (Å²) in [5, 5.41) is 11.4. The van der Waals surface area contributed by atoms with Gasteiger partial charge in [-0.3, -0.25) is 15.1 Å². The van der Waals surface area contributed by atoms with Crippen LogP contribution in [0, 0.1) is 5.41 Å². The highest BCUT2D eigenvalue weighted by Gasteiger charge is 2.35. The zero-order valence-electron chi connectivity index (χ0n) is 15.4. The molecule has 2 aliphatic heterocycles. The number of carbonyl (C=O) groups excluding carboxylic acids is 1. The number of carbonyl (C=O) groups is 1. The third-order valence-corrected chi connectivity index (χ3v) is 4.27. The summed E-state index contributed by atoms with van der Waals surface area (Å²) >= 11 is 0. The van der Waals surface area contributed by atoms with Gasteiger partial charge in [-0.25, -0.2) is 0 Å². The molecule has 1 saturated heterocycles. The molecule has 1 amide bonds. The average molecular weight is 353 g/mol. The minimum atomic E-state index is -0.167. The van der Waals surface area contributed by atoms with E-state index in [2.05, 4.69) is 29.1 Å². The first kappa shape index (κ1) is 17.7. The summed E-state index contributed by atoms with van der Waals surface area (Å²) in [4.78, 5) is 24.2. The molecule has 2 heterocycles. The van der Waals surface area contributed by atoms with Crippen LogP contribution in [0.5, 0.6) is 0 Å². The Bertz CT molecular complexity index is 847. The van der Waals surface area contributed by atoms with Gasteiger partial charge < -0.3 is 16.0 Å². The fourth-order valence-electron chi connectivity index (χ4n) is 2.80. The van der Waals surface area contributed by atoms with E-state index >= 15 is 0 Å². The van der Waals surface area contributed by atoms with Gasteiger partial charge in [0.15, 0.2) is 0 Å². The Hall–Kier alpha value is -3.16. The number of rotatable bonds is 2. The lowest BCUT2D eigenvalue weighted by molar-refractivity contribution is -0.116. The lowest BCUT2D eigenvalue weighted by atomic mass is 10.0. The first-order chi connectivity index (χ1) is 12.3. The van der Waals surface area contributed by atoms with Crippen molar-refractivity contribution in [1.29, 1.82) is 5.41 Å². The number of nitrogens with zero attached hydrogens (tertiary/aromatic N) is 4. The van der Waals surface area contributed by atoms with Crippen molar-refractivity contribution in [3.05, 3.63) is 41.2 Å². The highest BCUT2D eigenvalue weighted by molar-refractivity contribution is 6.29. The van der Waals surface area contributed by atoms with Crippen molar-refractivity contribution in [3.8, 4) is 0 Å². The van der Waals surface area contributed by atoms with E-state index in [9.17, 15) is 4.79 Å². The molecule has 1 fully saturated rings. The van der Waals surface area contributed by atoms with Crippen LogP contribution >= 0.6 is 0 Å². The molecule has 0 unspecified atom stereocenters. The molecule has 1 aromatic rings. The maximum atomic E-state index is 12.6. The number of amidine groups is 1. The molecule has 8 nitrogen and oxygen atoms in total. The Balaban J connectivity index is 1.95. The molecule has 0 atom stereocenters. The van der Waals surface area contributed by atoms with Crippen LogP contribution in [0.15, 0.2) is 45.6 Å². The maximum Gasteiger partial charge on any atom is 0.237 e. The van der Waals surface area contributed by atoms with Gasteiger partial charge in [-0.05, 0) is 23.6 Å². The van der Waals surface area contributed by atoms with E-state index in [0.717, 1.165) is 0 Å². The molecule has 26 heavy (non-hydrogen) atoms. The van der Waals surface area contributed by atoms with Crippen LogP contribution in [0.2, 0.25) is 0 Å². The Morgan fingerprint density at radius 3 is 2.46 bits per heavy atom. The predicted molar refractivity (Wildman–Crippen MR) is 103 cm³/mol. The van der Waals surface area contributed by atoms with Crippen molar-refractivity contribution >= 4 is 29.3 Å². The fourth-order valence-corrected chi connectivity index (χ4v) is 2.80. The molecule has 4 N–H and O–H groups in total. The van der Waals surface area contributed by atoms with Crippen LogP contribution in [0.25, 0.3) is 0 Å². The second-order valence-corrected chi connectivity index (χ2v) is 6.76. The van der Waals surface area contributed by atoms with E-state index in [0.29, 0.717) is 29.0 Å². The summed E-state index contributed by atoms with van der Waals surface area (Å²) in [6.45, 7) is 4.23. The summed E-state index contributed by atoms with van der Waals surface area (Å²) in [5.41, 5.74) is 8.18. The number of anilines is 1. The number of aliphatic imine (C=N–C) groups is 2. The molecule has 0 radical (unpaired) electrons. The molecule has 8 heteroatoms. The van der Waals surface area contributed by atoms with Gasteiger partial charge in [0.2, 0.25) is 17.8 Å². The van der Waals surface area contributed by atoms with E-state index in [1.165, 1.54) is 10.5 Å². The van der Waals surface area contributed by atoms with Gasteiger partial charge in [0, 0.05) is 19.7 Å². The summed E-state index contributed by atoms with van der Waals surface area (Å²) in [5.74, 6) is 1.34. The van der Waals surface area contributed by atoms with Crippen LogP contribution in [0.4, 0.5) is 5.69 Å². The summed E-state index contributed by atoms with van der Waals surface area (Å²) < 4.78 is 0. The largest absolute Gasteiger partial charge is 0.369 e. The Kier molecular flexibility index (Phi) is 4.50. The lowest BCUT2D eigenvalue weighted by Crippen LogP contribution is -2.39. The third kappa shape index (κ3) is 3.17. The highest BCUT2D eigenvalue weighted by atomic mass is 16.2. The van der Waals surface area contributed by atoms with E-state index in [1.807, 2.05) is 24.3 Å². The van der Waals surface area contributed by atoms with Crippen molar-refractivity contribution in [2.45, 2.75) is 26.2 Å². The second-order valence-electron chi connectivity index (χ2n) is 6.76. The quantitative estimate of drug-likeness (QED) is 0.749. The summed E-state index contributed by atoms with van der Waals surface area (Å²) in [6, 6.07) is 7.71. The lowest BCUT2D eigenvalue weighted by Gasteiger charge is -2.20. The Morgan fingerprint density at radius 2 is 1.88 bits per heavy atom. The zero-order valence-corrected chi connectivity index (χ0v) is 15.4. The molecule has 136 valence electrons. The number of benzene rings is 1. The van der Waals surface area contributed by atoms with E-state index in [-0.39, 0.29) is 24.1 Å². The highest BCUT2D eigenvalue weighted by Crippen LogP contribution is 2.29. The molecular weight excluding hydrogens is 330 g/mol. The van der Waals surface area contributed by atoms with Crippen molar-refractivity contribution < 1.29 is 4.79 Å². The van der Waals surface area contributed by atoms with Gasteiger partial charge in [0.1, 0.15) is 11.7 Å². The molecule has 0 bridgehead atoms. The number of hydrogen-bond acceptors (Lipinski definition) is 7. The minimum absolute atomic E-state index is 0.0879. The smallest absolute Gasteiger partial charge is 0.237 e. The molecule has 0 saturated carbocycles. The van der Waals surface area contributed by atoms with Crippen molar-refractivity contribution in [2.75, 3.05) is 19.0 Å². The second kappa shape index (κ2) is 6.62. The number of amides is 1. The van der Waals surface area contributed by atoms with Crippen molar-refractivity contribution in [3.63, 3.8) is 0 Å². The first-order valence-electron chi connectivity index (χ1n) is 8.40. The number of guanidine groups is 2. The zero-order chi connectivity index (χ0) is 19.0. The third-order valence-electron chi connectivity index (χ3n) is 4.27. The van der Waals surface area contributed by atoms with Crippen molar-refractivity contribution in [1.82, 2.24) is 10.2 Å². The van der Waals surface area contributed by atoms with Crippen molar-refractivity contribution in [2.24, 2.45) is 15.7 Å². The summed E-state index contributed by atoms with van der Waals surface area (Å²) in [7, 11) is 3.61. The van der Waals surface area contributed by atoms with E-state index < -0.39 is 0 Å². The Labute approximate surface area is 152 Å². The normalized spacial score (nSPS) is 20.3. The molecule has 0 spiro atoms. The van der Waals surface area contributed by atoms with Crippen LogP contribution < -0.4 is 16.0 Å².